The fourth-order valence-corrected chi connectivity index (χ4v) is 3.46. The van der Waals surface area contributed by atoms with Gasteiger partial charge in [-0.2, -0.15) is 0 Å². The molecular formula is C19H21NO6S. The number of hydrogen-bond donors (Lipinski definition) is 1. The van der Waals surface area contributed by atoms with Gasteiger partial charge in [-0.15, -0.1) is 0 Å². The number of carbonyl (C=O) groups is 2. The quantitative estimate of drug-likeness (QED) is 0.729. The zero-order valence-electron chi connectivity index (χ0n) is 15.3. The van der Waals surface area contributed by atoms with E-state index >= 15 is 0 Å². The highest BCUT2D eigenvalue weighted by Gasteiger charge is 2.22. The van der Waals surface area contributed by atoms with Crippen LogP contribution in [0.3, 0.4) is 0 Å². The van der Waals surface area contributed by atoms with Crippen LogP contribution in [-0.4, -0.2) is 39.8 Å². The Bertz CT molecular complexity index is 952. The number of sulfone groups is 1. The van der Waals surface area contributed by atoms with E-state index in [1.807, 2.05) is 13.0 Å². The van der Waals surface area contributed by atoms with Crippen molar-refractivity contribution in [1.82, 2.24) is 0 Å². The lowest BCUT2D eigenvalue weighted by molar-refractivity contribution is -0.119. The van der Waals surface area contributed by atoms with Crippen molar-refractivity contribution < 1.29 is 27.5 Å². The average Bonchev–Trinajstić information content (AvgIpc) is 2.66. The number of aryl methyl sites for hydroxylation is 1. The fraction of sp³-hybridized carbons (Fsp3) is 0.263. The molecule has 27 heavy (non-hydrogen) atoms. The van der Waals surface area contributed by atoms with Crippen molar-refractivity contribution in [2.75, 3.05) is 24.8 Å². The second-order valence-corrected chi connectivity index (χ2v) is 7.97. The van der Waals surface area contributed by atoms with E-state index < -0.39 is 28.3 Å². The molecule has 1 amide bonds. The molecule has 8 heteroatoms. The van der Waals surface area contributed by atoms with Crippen molar-refractivity contribution in [2.24, 2.45) is 0 Å². The fourth-order valence-electron chi connectivity index (χ4n) is 2.38. The molecular weight excluding hydrogens is 370 g/mol. The number of methoxy groups -OCH3 is 1. The summed E-state index contributed by atoms with van der Waals surface area (Å²) in [5, 5.41) is 2.61. The highest BCUT2D eigenvalue weighted by atomic mass is 32.2. The largest absolute Gasteiger partial charge is 0.495 e. The molecule has 0 spiro atoms. The minimum absolute atomic E-state index is 0.0970. The highest BCUT2D eigenvalue weighted by Crippen LogP contribution is 2.25. The van der Waals surface area contributed by atoms with Crippen LogP contribution in [0.15, 0.2) is 47.4 Å². The SMILES string of the molecule is CCS(=O)(=O)c1ccccc1C(=O)OCC(=O)Nc1cc(C)ccc1OC. The highest BCUT2D eigenvalue weighted by molar-refractivity contribution is 7.91. The Morgan fingerprint density at radius 3 is 2.48 bits per heavy atom. The average molecular weight is 391 g/mol. The summed E-state index contributed by atoms with van der Waals surface area (Å²) >= 11 is 0. The van der Waals surface area contributed by atoms with E-state index in [1.165, 1.54) is 38.3 Å². The van der Waals surface area contributed by atoms with Gasteiger partial charge in [-0.05, 0) is 36.8 Å². The van der Waals surface area contributed by atoms with E-state index in [0.717, 1.165) is 5.56 Å². The van der Waals surface area contributed by atoms with Crippen LogP contribution in [0.2, 0.25) is 0 Å². The van der Waals surface area contributed by atoms with Gasteiger partial charge in [0.15, 0.2) is 16.4 Å². The molecule has 0 aliphatic rings. The van der Waals surface area contributed by atoms with Crippen molar-refractivity contribution in [1.29, 1.82) is 0 Å². The van der Waals surface area contributed by atoms with Gasteiger partial charge in [-0.25, -0.2) is 13.2 Å². The van der Waals surface area contributed by atoms with Crippen LogP contribution >= 0.6 is 0 Å². The molecule has 0 atom stereocenters. The smallest absolute Gasteiger partial charge is 0.339 e. The van der Waals surface area contributed by atoms with Crippen LogP contribution in [0.4, 0.5) is 5.69 Å². The molecule has 0 saturated heterocycles. The zero-order valence-corrected chi connectivity index (χ0v) is 16.1. The summed E-state index contributed by atoms with van der Waals surface area (Å²) < 4.78 is 34.4. The molecule has 0 saturated carbocycles. The standard InChI is InChI=1S/C19H21NO6S/c1-4-27(23,24)17-8-6-5-7-14(17)19(22)26-12-18(21)20-15-11-13(2)9-10-16(15)25-3/h5-11H,4,12H2,1-3H3,(H,20,21). The topological polar surface area (TPSA) is 98.8 Å². The van der Waals surface area contributed by atoms with E-state index in [4.69, 9.17) is 9.47 Å². The minimum Gasteiger partial charge on any atom is -0.495 e. The number of hydrogen-bond acceptors (Lipinski definition) is 6. The number of rotatable bonds is 7. The summed E-state index contributed by atoms with van der Waals surface area (Å²) in [6.07, 6.45) is 0. The van der Waals surface area contributed by atoms with Gasteiger partial charge in [-0.3, -0.25) is 4.79 Å². The summed E-state index contributed by atoms with van der Waals surface area (Å²) in [4.78, 5) is 24.3. The third kappa shape index (κ3) is 5.07. The van der Waals surface area contributed by atoms with Crippen molar-refractivity contribution in [3.8, 4) is 5.75 Å². The van der Waals surface area contributed by atoms with Crippen molar-refractivity contribution in [3.63, 3.8) is 0 Å². The van der Waals surface area contributed by atoms with Crippen LogP contribution in [0, 0.1) is 6.92 Å². The first-order valence-electron chi connectivity index (χ1n) is 8.22. The summed E-state index contributed by atoms with van der Waals surface area (Å²) in [5.74, 6) is -1.12. The normalized spacial score (nSPS) is 10.9. The molecule has 0 aliphatic carbocycles. The lowest BCUT2D eigenvalue weighted by Gasteiger charge is -2.12. The molecule has 0 aliphatic heterocycles. The Kier molecular flexibility index (Phi) is 6.57. The van der Waals surface area contributed by atoms with E-state index in [-0.39, 0.29) is 16.2 Å². The van der Waals surface area contributed by atoms with Crippen molar-refractivity contribution in [3.05, 3.63) is 53.6 Å². The van der Waals surface area contributed by atoms with Crippen LogP contribution in [0.5, 0.6) is 5.75 Å². The molecule has 2 aromatic rings. The first-order chi connectivity index (χ1) is 12.8. The zero-order chi connectivity index (χ0) is 20.0. The Labute approximate surface area is 158 Å². The summed E-state index contributed by atoms with van der Waals surface area (Å²) in [6, 6.07) is 11.0. The molecule has 0 unspecified atom stereocenters. The summed E-state index contributed by atoms with van der Waals surface area (Å²) in [7, 11) is -2.12. The Hall–Kier alpha value is -2.87. The molecule has 2 rings (SSSR count). The first-order valence-corrected chi connectivity index (χ1v) is 9.87. The van der Waals surface area contributed by atoms with Gasteiger partial charge >= 0.3 is 5.97 Å². The molecule has 144 valence electrons. The van der Waals surface area contributed by atoms with Crippen LogP contribution in [0.1, 0.15) is 22.8 Å². The molecule has 0 radical (unpaired) electrons. The number of amides is 1. The number of esters is 1. The number of nitrogens with one attached hydrogen (secondary N) is 1. The van der Waals surface area contributed by atoms with Gasteiger partial charge in [0, 0.05) is 0 Å². The lowest BCUT2D eigenvalue weighted by Crippen LogP contribution is -2.22. The molecule has 0 fully saturated rings. The van der Waals surface area contributed by atoms with Crippen LogP contribution in [-0.2, 0) is 19.4 Å². The minimum atomic E-state index is -3.59. The second kappa shape index (κ2) is 8.68. The van der Waals surface area contributed by atoms with Gasteiger partial charge in [0.1, 0.15) is 5.75 Å². The maximum atomic E-state index is 12.3. The lowest BCUT2D eigenvalue weighted by atomic mass is 10.2. The monoisotopic (exact) mass is 391 g/mol. The number of benzene rings is 2. The predicted octanol–water partition coefficient (Wildman–Crippen LogP) is 2.59. The maximum Gasteiger partial charge on any atom is 0.339 e. The summed E-state index contributed by atoms with van der Waals surface area (Å²) in [6.45, 7) is 2.79. The third-order valence-corrected chi connectivity index (χ3v) is 5.57. The van der Waals surface area contributed by atoms with E-state index in [1.54, 1.807) is 12.1 Å². The third-order valence-electron chi connectivity index (χ3n) is 3.79. The second-order valence-electron chi connectivity index (χ2n) is 5.73. The van der Waals surface area contributed by atoms with Gasteiger partial charge in [0.2, 0.25) is 0 Å². The van der Waals surface area contributed by atoms with E-state index in [9.17, 15) is 18.0 Å². The summed E-state index contributed by atoms with van der Waals surface area (Å²) in [5.41, 5.74) is 1.27. The van der Waals surface area contributed by atoms with Gasteiger partial charge in [0.05, 0.1) is 29.0 Å². The number of carbonyl (C=O) groups excluding carboxylic acids is 2. The van der Waals surface area contributed by atoms with Gasteiger partial charge in [0.25, 0.3) is 5.91 Å². The molecule has 0 bridgehead atoms. The molecule has 0 heterocycles. The first kappa shape index (κ1) is 20.4. The number of ether oxygens (including phenoxy) is 2. The molecule has 7 nitrogen and oxygen atoms in total. The van der Waals surface area contributed by atoms with Gasteiger partial charge < -0.3 is 14.8 Å². The van der Waals surface area contributed by atoms with E-state index in [2.05, 4.69) is 5.32 Å². The number of anilines is 1. The van der Waals surface area contributed by atoms with Crippen molar-refractivity contribution >= 4 is 27.4 Å². The van der Waals surface area contributed by atoms with Crippen molar-refractivity contribution in [2.45, 2.75) is 18.7 Å². The predicted molar refractivity (Wildman–Crippen MR) is 101 cm³/mol. The van der Waals surface area contributed by atoms with Crippen LogP contribution in [0.25, 0.3) is 0 Å². The molecule has 0 aromatic heterocycles. The Morgan fingerprint density at radius 1 is 1.11 bits per heavy atom. The maximum absolute atomic E-state index is 12.3. The molecule has 2 aromatic carbocycles. The Morgan fingerprint density at radius 2 is 1.81 bits per heavy atom. The van der Waals surface area contributed by atoms with E-state index in [0.29, 0.717) is 11.4 Å². The van der Waals surface area contributed by atoms with Crippen LogP contribution < -0.4 is 10.1 Å². The van der Waals surface area contributed by atoms with Gasteiger partial charge in [-0.1, -0.05) is 25.1 Å². The molecule has 1 N–H and O–H groups in total. The Balaban J connectivity index is 2.09.